The van der Waals surface area contributed by atoms with Crippen molar-refractivity contribution in [2.75, 3.05) is 11.9 Å². The summed E-state index contributed by atoms with van der Waals surface area (Å²) in [4.78, 5) is 23.8. The summed E-state index contributed by atoms with van der Waals surface area (Å²) < 4.78 is 6.92. The van der Waals surface area contributed by atoms with Crippen LogP contribution in [0.3, 0.4) is 0 Å². The number of amides is 1. The van der Waals surface area contributed by atoms with Crippen LogP contribution in [-0.2, 0) is 20.7 Å². The van der Waals surface area contributed by atoms with Crippen molar-refractivity contribution in [3.8, 4) is 0 Å². The van der Waals surface area contributed by atoms with Crippen LogP contribution in [0.4, 0.5) is 5.82 Å². The zero-order valence-corrected chi connectivity index (χ0v) is 14.2. The van der Waals surface area contributed by atoms with E-state index in [0.717, 1.165) is 18.4 Å². The van der Waals surface area contributed by atoms with Crippen LogP contribution < -0.4 is 5.32 Å². The van der Waals surface area contributed by atoms with Crippen LogP contribution >= 0.6 is 0 Å². The van der Waals surface area contributed by atoms with Crippen LogP contribution in [0.5, 0.6) is 0 Å². The number of carbonyl (C=O) groups is 2. The molecule has 1 aromatic heterocycles. The molecule has 1 aliphatic carbocycles. The number of benzene rings is 1. The van der Waals surface area contributed by atoms with Crippen LogP contribution in [0.2, 0.25) is 0 Å². The van der Waals surface area contributed by atoms with E-state index in [4.69, 9.17) is 4.74 Å². The molecule has 0 spiro atoms. The Bertz CT molecular complexity index is 706. The molecule has 6 nitrogen and oxygen atoms in total. The van der Waals surface area contributed by atoms with Gasteiger partial charge in [0.2, 0.25) is 0 Å². The molecular weight excluding hydrogens is 318 g/mol. The first-order valence-electron chi connectivity index (χ1n) is 8.75. The summed E-state index contributed by atoms with van der Waals surface area (Å²) in [5.41, 5.74) is 1.07. The summed E-state index contributed by atoms with van der Waals surface area (Å²) in [5.74, 6) is -0.0478. The average molecular weight is 341 g/mol. The van der Waals surface area contributed by atoms with Crippen molar-refractivity contribution in [1.29, 1.82) is 0 Å². The molecule has 1 aliphatic rings. The lowest BCUT2D eigenvalue weighted by atomic mass is 10.1. The monoisotopic (exact) mass is 341 g/mol. The van der Waals surface area contributed by atoms with E-state index in [1.54, 1.807) is 12.3 Å². The van der Waals surface area contributed by atoms with Gasteiger partial charge >= 0.3 is 5.97 Å². The predicted octanol–water partition coefficient (Wildman–Crippen LogP) is 3.11. The summed E-state index contributed by atoms with van der Waals surface area (Å²) >= 11 is 0. The smallest absolute Gasteiger partial charge is 0.306 e. The molecule has 0 unspecified atom stereocenters. The second kappa shape index (κ2) is 8.46. The van der Waals surface area contributed by atoms with Gasteiger partial charge in [0.25, 0.3) is 5.91 Å². The quantitative estimate of drug-likeness (QED) is 0.785. The van der Waals surface area contributed by atoms with E-state index < -0.39 is 0 Å². The first-order chi connectivity index (χ1) is 12.2. The number of carbonyl (C=O) groups excluding carboxylic acids is 2. The van der Waals surface area contributed by atoms with E-state index in [-0.39, 0.29) is 24.9 Å². The van der Waals surface area contributed by atoms with Gasteiger partial charge in [0.1, 0.15) is 5.82 Å². The minimum absolute atomic E-state index is 0.261. The highest BCUT2D eigenvalue weighted by Crippen LogP contribution is 2.31. The lowest BCUT2D eigenvalue weighted by Crippen LogP contribution is -2.23. The maximum absolute atomic E-state index is 12.0. The van der Waals surface area contributed by atoms with Gasteiger partial charge in [-0.2, -0.15) is 5.10 Å². The number of anilines is 1. The first-order valence-corrected chi connectivity index (χ1v) is 8.75. The first kappa shape index (κ1) is 17.2. The highest BCUT2D eigenvalue weighted by molar-refractivity contribution is 5.92. The maximum atomic E-state index is 12.0. The van der Waals surface area contributed by atoms with Crippen LogP contribution in [0, 0.1) is 0 Å². The average Bonchev–Trinajstić information content (AvgIpc) is 3.30. The SMILES string of the molecule is O=C(COC(=O)CCc1ccccc1)Nc1ccnn1C1CCCC1. The molecule has 25 heavy (non-hydrogen) atoms. The largest absolute Gasteiger partial charge is 0.456 e. The van der Waals surface area contributed by atoms with Crippen molar-refractivity contribution in [3.63, 3.8) is 0 Å². The zero-order valence-electron chi connectivity index (χ0n) is 14.2. The number of nitrogens with one attached hydrogen (secondary N) is 1. The lowest BCUT2D eigenvalue weighted by molar-refractivity contribution is -0.147. The third-order valence-corrected chi connectivity index (χ3v) is 4.43. The van der Waals surface area contributed by atoms with E-state index in [1.807, 2.05) is 35.0 Å². The van der Waals surface area contributed by atoms with Gasteiger partial charge in [-0.1, -0.05) is 43.2 Å². The molecule has 0 saturated heterocycles. The fourth-order valence-corrected chi connectivity index (χ4v) is 3.14. The van der Waals surface area contributed by atoms with E-state index >= 15 is 0 Å². The Morgan fingerprint density at radius 1 is 1.16 bits per heavy atom. The van der Waals surface area contributed by atoms with E-state index in [1.165, 1.54) is 12.8 Å². The van der Waals surface area contributed by atoms with Crippen LogP contribution in [0.25, 0.3) is 0 Å². The summed E-state index contributed by atoms with van der Waals surface area (Å²) in [6.45, 7) is -0.274. The molecule has 1 heterocycles. The van der Waals surface area contributed by atoms with Crippen molar-refractivity contribution < 1.29 is 14.3 Å². The molecular formula is C19H23N3O3. The molecule has 1 fully saturated rings. The molecule has 132 valence electrons. The molecule has 1 aromatic carbocycles. The molecule has 1 amide bonds. The van der Waals surface area contributed by atoms with E-state index in [9.17, 15) is 9.59 Å². The van der Waals surface area contributed by atoms with Crippen molar-refractivity contribution in [1.82, 2.24) is 9.78 Å². The number of rotatable bonds is 7. The summed E-state index contributed by atoms with van der Waals surface area (Å²) in [6.07, 6.45) is 7.10. The lowest BCUT2D eigenvalue weighted by Gasteiger charge is -2.14. The topological polar surface area (TPSA) is 73.2 Å². The minimum atomic E-state index is -0.372. The Morgan fingerprint density at radius 2 is 1.92 bits per heavy atom. The Morgan fingerprint density at radius 3 is 2.68 bits per heavy atom. The Kier molecular flexibility index (Phi) is 5.82. The number of aromatic nitrogens is 2. The van der Waals surface area contributed by atoms with Gasteiger partial charge in [-0.15, -0.1) is 0 Å². The highest BCUT2D eigenvalue weighted by Gasteiger charge is 2.20. The standard InChI is InChI=1S/C19H23N3O3/c23-18(14-25-19(24)11-10-15-6-2-1-3-7-15)21-17-12-13-20-22(17)16-8-4-5-9-16/h1-3,6-7,12-13,16H,4-5,8-11,14H2,(H,21,23). The summed E-state index contributed by atoms with van der Waals surface area (Å²) in [6, 6.07) is 11.8. The van der Waals surface area contributed by atoms with Crippen molar-refractivity contribution in [3.05, 3.63) is 48.2 Å². The van der Waals surface area contributed by atoms with Gasteiger partial charge in [0.05, 0.1) is 12.2 Å². The fourth-order valence-electron chi connectivity index (χ4n) is 3.14. The Hall–Kier alpha value is -2.63. The van der Waals surface area contributed by atoms with Gasteiger partial charge < -0.3 is 10.1 Å². The Labute approximate surface area is 147 Å². The Balaban J connectivity index is 1.42. The third kappa shape index (κ3) is 4.92. The van der Waals surface area contributed by atoms with Crippen LogP contribution in [-0.4, -0.2) is 28.3 Å². The fraction of sp³-hybridized carbons (Fsp3) is 0.421. The third-order valence-electron chi connectivity index (χ3n) is 4.43. The molecule has 6 heteroatoms. The van der Waals surface area contributed by atoms with Gasteiger partial charge in [-0.05, 0) is 24.8 Å². The van der Waals surface area contributed by atoms with Crippen molar-refractivity contribution in [2.24, 2.45) is 0 Å². The van der Waals surface area contributed by atoms with Gasteiger partial charge in [-0.25, -0.2) is 4.68 Å². The number of hydrogen-bond donors (Lipinski definition) is 1. The normalized spacial score (nSPS) is 14.4. The number of hydrogen-bond acceptors (Lipinski definition) is 4. The molecule has 0 bridgehead atoms. The van der Waals surface area contributed by atoms with Gasteiger partial charge in [0.15, 0.2) is 6.61 Å². The van der Waals surface area contributed by atoms with Crippen LogP contribution in [0.15, 0.2) is 42.6 Å². The molecule has 0 aliphatic heterocycles. The molecule has 0 radical (unpaired) electrons. The number of ether oxygens (including phenoxy) is 1. The van der Waals surface area contributed by atoms with Crippen LogP contribution in [0.1, 0.15) is 43.7 Å². The summed E-state index contributed by atoms with van der Waals surface area (Å²) in [5, 5.41) is 7.08. The molecule has 1 N–H and O–H groups in total. The zero-order chi connectivity index (χ0) is 17.5. The number of nitrogens with zero attached hydrogens (tertiary/aromatic N) is 2. The van der Waals surface area contributed by atoms with E-state index in [0.29, 0.717) is 18.3 Å². The van der Waals surface area contributed by atoms with Crippen molar-refractivity contribution in [2.45, 2.75) is 44.6 Å². The molecule has 2 aromatic rings. The number of esters is 1. The molecule has 1 saturated carbocycles. The highest BCUT2D eigenvalue weighted by atomic mass is 16.5. The minimum Gasteiger partial charge on any atom is -0.456 e. The predicted molar refractivity (Wildman–Crippen MR) is 94.1 cm³/mol. The summed E-state index contributed by atoms with van der Waals surface area (Å²) in [7, 11) is 0. The second-order valence-corrected chi connectivity index (χ2v) is 6.29. The second-order valence-electron chi connectivity index (χ2n) is 6.29. The van der Waals surface area contributed by atoms with Crippen molar-refractivity contribution >= 4 is 17.7 Å². The van der Waals surface area contributed by atoms with Gasteiger partial charge in [0, 0.05) is 12.5 Å². The molecule has 3 rings (SSSR count). The number of aryl methyl sites for hydroxylation is 1. The van der Waals surface area contributed by atoms with Gasteiger partial charge in [-0.3, -0.25) is 9.59 Å². The molecule has 0 atom stereocenters. The maximum Gasteiger partial charge on any atom is 0.306 e. The van der Waals surface area contributed by atoms with E-state index in [2.05, 4.69) is 10.4 Å².